The summed E-state index contributed by atoms with van der Waals surface area (Å²) in [6.45, 7) is 4.41. The van der Waals surface area contributed by atoms with Crippen LogP contribution in [0, 0.1) is 6.92 Å². The van der Waals surface area contributed by atoms with Crippen LogP contribution in [0.3, 0.4) is 0 Å². The van der Waals surface area contributed by atoms with Crippen molar-refractivity contribution >= 4 is 0 Å². The molecule has 1 rings (SSSR count). The molecule has 0 aliphatic carbocycles. The highest BCUT2D eigenvalue weighted by Gasteiger charge is 2.04. The molecule has 1 atom stereocenters. The number of hydrogen-bond acceptors (Lipinski definition) is 1. The van der Waals surface area contributed by atoms with E-state index in [1.807, 2.05) is 0 Å². The van der Waals surface area contributed by atoms with Gasteiger partial charge in [0.15, 0.2) is 0 Å². The third-order valence-corrected chi connectivity index (χ3v) is 3.76. The van der Waals surface area contributed by atoms with E-state index < -0.39 is 0 Å². The molecule has 0 saturated carbocycles. The summed E-state index contributed by atoms with van der Waals surface area (Å²) in [4.78, 5) is 0. The minimum atomic E-state index is 0.331. The molecule has 0 aromatic heterocycles. The highest BCUT2D eigenvalue weighted by molar-refractivity contribution is 5.22. The smallest absolute Gasteiger partial charge is 0.00793 e. The Kier molecular flexibility index (Phi) is 8.57. The lowest BCUT2D eigenvalue weighted by molar-refractivity contribution is 0.528. The summed E-state index contributed by atoms with van der Waals surface area (Å²) < 4.78 is 0. The van der Waals surface area contributed by atoms with E-state index in [1.54, 1.807) is 0 Å². The third kappa shape index (κ3) is 8.05. The maximum Gasteiger partial charge on any atom is 0.00793 e. The van der Waals surface area contributed by atoms with E-state index in [0.29, 0.717) is 6.04 Å². The van der Waals surface area contributed by atoms with Crippen LogP contribution in [0.15, 0.2) is 24.3 Å². The van der Waals surface area contributed by atoms with Gasteiger partial charge in [-0.25, -0.2) is 0 Å². The molecule has 0 aliphatic heterocycles. The lowest BCUT2D eigenvalue weighted by atomic mass is 9.99. The third-order valence-electron chi connectivity index (χ3n) is 3.76. The zero-order valence-corrected chi connectivity index (χ0v) is 12.8. The van der Waals surface area contributed by atoms with Gasteiger partial charge in [0.2, 0.25) is 0 Å². The van der Waals surface area contributed by atoms with Crippen molar-refractivity contribution in [3.63, 3.8) is 0 Å². The van der Waals surface area contributed by atoms with Gasteiger partial charge in [-0.15, -0.1) is 0 Å². The second-order valence-corrected chi connectivity index (χ2v) is 5.86. The Labute approximate surface area is 119 Å². The largest absolute Gasteiger partial charge is 0.327 e. The molecule has 1 aromatic carbocycles. The van der Waals surface area contributed by atoms with Crippen LogP contribution in [0.5, 0.6) is 0 Å². The maximum atomic E-state index is 6.22. The quantitative estimate of drug-likeness (QED) is 0.589. The number of aryl methyl sites for hydroxylation is 1. The Hall–Kier alpha value is -0.820. The SMILES string of the molecule is CCCCCCCCCC(N)Cc1cccc(C)c1. The fourth-order valence-electron chi connectivity index (χ4n) is 2.61. The Balaban J connectivity index is 2.06. The van der Waals surface area contributed by atoms with Crippen LogP contribution < -0.4 is 5.73 Å². The van der Waals surface area contributed by atoms with Crippen LogP contribution in [0.25, 0.3) is 0 Å². The van der Waals surface area contributed by atoms with Gasteiger partial charge in [0, 0.05) is 6.04 Å². The topological polar surface area (TPSA) is 26.0 Å². The fourth-order valence-corrected chi connectivity index (χ4v) is 2.61. The Morgan fingerprint density at radius 3 is 2.37 bits per heavy atom. The summed E-state index contributed by atoms with van der Waals surface area (Å²) in [7, 11) is 0. The molecule has 0 spiro atoms. The molecule has 0 aliphatic rings. The first-order valence-electron chi connectivity index (χ1n) is 8.03. The standard InChI is InChI=1S/C18H31N/c1-3-4-5-6-7-8-9-13-18(19)15-17-12-10-11-16(2)14-17/h10-12,14,18H,3-9,13,15,19H2,1-2H3. The number of rotatable bonds is 10. The lowest BCUT2D eigenvalue weighted by Crippen LogP contribution is -2.22. The van der Waals surface area contributed by atoms with Gasteiger partial charge in [-0.05, 0) is 25.3 Å². The highest BCUT2D eigenvalue weighted by atomic mass is 14.6. The maximum absolute atomic E-state index is 6.22. The molecule has 2 N–H and O–H groups in total. The zero-order valence-electron chi connectivity index (χ0n) is 12.8. The summed E-state index contributed by atoms with van der Waals surface area (Å²) >= 11 is 0. The first-order valence-corrected chi connectivity index (χ1v) is 8.03. The molecule has 0 saturated heterocycles. The minimum absolute atomic E-state index is 0.331. The molecule has 1 unspecified atom stereocenters. The Bertz CT molecular complexity index is 332. The molecule has 0 radical (unpaired) electrons. The van der Waals surface area contributed by atoms with Crippen LogP contribution in [-0.2, 0) is 6.42 Å². The molecule has 0 heterocycles. The van der Waals surface area contributed by atoms with Crippen molar-refractivity contribution in [1.29, 1.82) is 0 Å². The molecular weight excluding hydrogens is 230 g/mol. The molecule has 0 bridgehead atoms. The van der Waals surface area contributed by atoms with Gasteiger partial charge in [-0.2, -0.15) is 0 Å². The zero-order chi connectivity index (χ0) is 13.9. The molecule has 0 amide bonds. The number of unbranched alkanes of at least 4 members (excludes halogenated alkanes) is 6. The molecule has 1 nitrogen and oxygen atoms in total. The van der Waals surface area contributed by atoms with E-state index in [2.05, 4.69) is 38.1 Å². The van der Waals surface area contributed by atoms with Crippen LogP contribution in [0.2, 0.25) is 0 Å². The highest BCUT2D eigenvalue weighted by Crippen LogP contribution is 2.12. The van der Waals surface area contributed by atoms with Crippen LogP contribution in [0.1, 0.15) is 69.4 Å². The fraction of sp³-hybridized carbons (Fsp3) is 0.667. The van der Waals surface area contributed by atoms with Crippen molar-refractivity contribution in [3.8, 4) is 0 Å². The van der Waals surface area contributed by atoms with Crippen molar-refractivity contribution in [2.45, 2.75) is 77.7 Å². The van der Waals surface area contributed by atoms with Crippen molar-refractivity contribution in [3.05, 3.63) is 35.4 Å². The average Bonchev–Trinajstić information content (AvgIpc) is 2.37. The van der Waals surface area contributed by atoms with Crippen LogP contribution in [-0.4, -0.2) is 6.04 Å². The van der Waals surface area contributed by atoms with E-state index in [1.165, 1.54) is 62.5 Å². The summed E-state index contributed by atoms with van der Waals surface area (Å²) in [5, 5.41) is 0. The van der Waals surface area contributed by atoms with Gasteiger partial charge < -0.3 is 5.73 Å². The number of benzene rings is 1. The van der Waals surface area contributed by atoms with Crippen molar-refractivity contribution in [1.82, 2.24) is 0 Å². The first-order chi connectivity index (χ1) is 9.22. The van der Waals surface area contributed by atoms with E-state index in [0.717, 1.165) is 6.42 Å². The molecular formula is C18H31N. The van der Waals surface area contributed by atoms with E-state index in [9.17, 15) is 0 Å². The summed E-state index contributed by atoms with van der Waals surface area (Å²) in [5.41, 5.74) is 8.94. The summed E-state index contributed by atoms with van der Waals surface area (Å²) in [5.74, 6) is 0. The van der Waals surface area contributed by atoms with Gasteiger partial charge in [-0.1, -0.05) is 81.7 Å². The summed E-state index contributed by atoms with van der Waals surface area (Å²) in [6, 6.07) is 9.05. The van der Waals surface area contributed by atoms with Crippen molar-refractivity contribution in [2.24, 2.45) is 5.73 Å². The predicted octanol–water partition coefficient (Wildman–Crippen LogP) is 5.01. The Morgan fingerprint density at radius 1 is 1.00 bits per heavy atom. The molecule has 19 heavy (non-hydrogen) atoms. The lowest BCUT2D eigenvalue weighted by Gasteiger charge is -2.12. The van der Waals surface area contributed by atoms with Crippen LogP contribution in [0.4, 0.5) is 0 Å². The monoisotopic (exact) mass is 261 g/mol. The minimum Gasteiger partial charge on any atom is -0.327 e. The van der Waals surface area contributed by atoms with E-state index in [4.69, 9.17) is 5.73 Å². The molecule has 0 fully saturated rings. The van der Waals surface area contributed by atoms with Gasteiger partial charge >= 0.3 is 0 Å². The van der Waals surface area contributed by atoms with Crippen LogP contribution >= 0.6 is 0 Å². The van der Waals surface area contributed by atoms with E-state index >= 15 is 0 Å². The second-order valence-electron chi connectivity index (χ2n) is 5.86. The van der Waals surface area contributed by atoms with Gasteiger partial charge in [0.1, 0.15) is 0 Å². The van der Waals surface area contributed by atoms with Crippen molar-refractivity contribution in [2.75, 3.05) is 0 Å². The summed E-state index contributed by atoms with van der Waals surface area (Å²) in [6.07, 6.45) is 11.8. The number of nitrogens with two attached hydrogens (primary N) is 1. The van der Waals surface area contributed by atoms with Gasteiger partial charge in [-0.3, -0.25) is 0 Å². The normalized spacial score (nSPS) is 12.6. The Morgan fingerprint density at radius 2 is 1.68 bits per heavy atom. The molecule has 1 aromatic rings. The molecule has 1 heteroatoms. The second kappa shape index (κ2) is 10.0. The average molecular weight is 261 g/mol. The van der Waals surface area contributed by atoms with Crippen molar-refractivity contribution < 1.29 is 0 Å². The molecule has 108 valence electrons. The van der Waals surface area contributed by atoms with E-state index in [-0.39, 0.29) is 0 Å². The first kappa shape index (κ1) is 16.2. The number of hydrogen-bond donors (Lipinski definition) is 1. The van der Waals surface area contributed by atoms with Gasteiger partial charge in [0.25, 0.3) is 0 Å². The van der Waals surface area contributed by atoms with Gasteiger partial charge in [0.05, 0.1) is 0 Å². The predicted molar refractivity (Wildman–Crippen MR) is 85.5 cm³/mol.